The van der Waals surface area contributed by atoms with Crippen LogP contribution < -0.4 is 4.90 Å². The molecule has 2 spiro atoms. The summed E-state index contributed by atoms with van der Waals surface area (Å²) in [7, 11) is 0. The van der Waals surface area contributed by atoms with Crippen molar-refractivity contribution in [2.75, 3.05) is 4.90 Å². The molecule has 5 rings (SSSR count). The third kappa shape index (κ3) is 1.97. The first-order valence-electron chi connectivity index (χ1n) is 9.73. The lowest BCUT2D eigenvalue weighted by Gasteiger charge is -2.36. The van der Waals surface area contributed by atoms with Gasteiger partial charge in [-0.25, -0.2) is 0 Å². The zero-order chi connectivity index (χ0) is 18.8. The van der Waals surface area contributed by atoms with E-state index in [9.17, 15) is 14.7 Å². The van der Waals surface area contributed by atoms with Gasteiger partial charge >= 0.3 is 0 Å². The zero-order valence-electron chi connectivity index (χ0n) is 15.4. The standard InChI is InChI=1S/C23H23NO3/c1-15-8-10-17(11-9-15)24-21(27)22(12-4-5-13-22)20(26)23(24)14-16-6-2-3-7-18(16)19(23)25/h2-3,6-11,19,25H,4-5,12-14H2,1H3/t19-,23+/m0/s1. The minimum Gasteiger partial charge on any atom is -0.385 e. The molecule has 1 heterocycles. The summed E-state index contributed by atoms with van der Waals surface area (Å²) in [4.78, 5) is 29.2. The molecule has 1 saturated carbocycles. The summed E-state index contributed by atoms with van der Waals surface area (Å²) in [6.45, 7) is 2.00. The normalized spacial score (nSPS) is 28.5. The van der Waals surface area contributed by atoms with Crippen LogP contribution in [0.5, 0.6) is 0 Å². The third-order valence-electron chi connectivity index (χ3n) is 6.85. The minimum absolute atomic E-state index is 0.0817. The van der Waals surface area contributed by atoms with Crippen LogP contribution in [0, 0.1) is 12.3 Å². The van der Waals surface area contributed by atoms with Crippen LogP contribution in [0.2, 0.25) is 0 Å². The van der Waals surface area contributed by atoms with Gasteiger partial charge in [0.2, 0.25) is 5.91 Å². The number of rotatable bonds is 1. The van der Waals surface area contributed by atoms with E-state index in [-0.39, 0.29) is 11.7 Å². The molecule has 3 aliphatic rings. The van der Waals surface area contributed by atoms with E-state index in [1.807, 2.05) is 55.5 Å². The molecule has 27 heavy (non-hydrogen) atoms. The Labute approximate surface area is 158 Å². The van der Waals surface area contributed by atoms with Crippen LogP contribution in [0.4, 0.5) is 5.69 Å². The highest BCUT2D eigenvalue weighted by Crippen LogP contribution is 2.58. The van der Waals surface area contributed by atoms with Gasteiger partial charge in [0.25, 0.3) is 0 Å². The average molecular weight is 361 g/mol. The van der Waals surface area contributed by atoms with Crippen molar-refractivity contribution in [2.45, 2.75) is 50.7 Å². The summed E-state index contributed by atoms with van der Waals surface area (Å²) in [5.41, 5.74) is 1.34. The molecule has 4 heteroatoms. The summed E-state index contributed by atoms with van der Waals surface area (Å²) in [5.74, 6) is -0.206. The smallest absolute Gasteiger partial charge is 0.241 e. The second kappa shape index (κ2) is 5.52. The van der Waals surface area contributed by atoms with Gasteiger partial charge in [0.05, 0.1) is 0 Å². The van der Waals surface area contributed by atoms with Crippen LogP contribution in [0.25, 0.3) is 0 Å². The lowest BCUT2D eigenvalue weighted by atomic mass is 9.75. The topological polar surface area (TPSA) is 57.6 Å². The van der Waals surface area contributed by atoms with Crippen molar-refractivity contribution >= 4 is 17.4 Å². The number of amides is 1. The maximum atomic E-state index is 13.9. The molecule has 0 aromatic heterocycles. The Kier molecular flexibility index (Phi) is 3.41. The number of anilines is 1. The highest BCUT2D eigenvalue weighted by atomic mass is 16.3. The lowest BCUT2D eigenvalue weighted by molar-refractivity contribution is -0.137. The van der Waals surface area contributed by atoms with Crippen LogP contribution in [-0.2, 0) is 16.0 Å². The van der Waals surface area contributed by atoms with Crippen LogP contribution in [0.15, 0.2) is 48.5 Å². The Balaban J connectivity index is 1.73. The van der Waals surface area contributed by atoms with E-state index in [2.05, 4.69) is 0 Å². The molecule has 2 fully saturated rings. The van der Waals surface area contributed by atoms with Crippen molar-refractivity contribution in [3.05, 3.63) is 65.2 Å². The van der Waals surface area contributed by atoms with Gasteiger partial charge in [-0.3, -0.25) is 14.5 Å². The van der Waals surface area contributed by atoms with E-state index in [0.29, 0.717) is 24.9 Å². The summed E-state index contributed by atoms with van der Waals surface area (Å²) < 4.78 is 0. The van der Waals surface area contributed by atoms with Gasteiger partial charge in [-0.1, -0.05) is 54.8 Å². The number of nitrogens with zero attached hydrogens (tertiary/aromatic N) is 1. The summed E-state index contributed by atoms with van der Waals surface area (Å²) in [5, 5.41) is 11.3. The fraction of sp³-hybridized carbons (Fsp3) is 0.391. The zero-order valence-corrected chi connectivity index (χ0v) is 15.4. The van der Waals surface area contributed by atoms with Gasteiger partial charge in [-0.05, 0) is 43.0 Å². The lowest BCUT2D eigenvalue weighted by Crippen LogP contribution is -2.53. The molecule has 2 atom stereocenters. The van der Waals surface area contributed by atoms with E-state index in [1.165, 1.54) is 0 Å². The molecule has 138 valence electrons. The van der Waals surface area contributed by atoms with E-state index in [4.69, 9.17) is 0 Å². The van der Waals surface area contributed by atoms with Crippen LogP contribution in [-0.4, -0.2) is 22.3 Å². The van der Waals surface area contributed by atoms with E-state index >= 15 is 0 Å². The maximum Gasteiger partial charge on any atom is 0.241 e. The van der Waals surface area contributed by atoms with Gasteiger partial charge in [-0.15, -0.1) is 0 Å². The number of carbonyl (C=O) groups is 2. The summed E-state index contributed by atoms with van der Waals surface area (Å²) in [6.07, 6.45) is 2.35. The molecule has 2 aliphatic carbocycles. The number of benzene rings is 2. The van der Waals surface area contributed by atoms with Crippen molar-refractivity contribution in [1.29, 1.82) is 0 Å². The van der Waals surface area contributed by atoms with Crippen molar-refractivity contribution in [2.24, 2.45) is 5.41 Å². The fourth-order valence-corrected chi connectivity index (χ4v) is 5.48. The number of aliphatic hydroxyl groups excluding tert-OH is 1. The van der Waals surface area contributed by atoms with Crippen molar-refractivity contribution in [1.82, 2.24) is 0 Å². The molecule has 2 aromatic rings. The number of Topliss-reactive ketones (excluding diaryl/α,β-unsaturated/α-hetero) is 1. The van der Waals surface area contributed by atoms with E-state index in [0.717, 1.165) is 29.5 Å². The second-order valence-corrected chi connectivity index (χ2v) is 8.30. The van der Waals surface area contributed by atoms with Crippen molar-refractivity contribution in [3.8, 4) is 0 Å². The van der Waals surface area contributed by atoms with Crippen LogP contribution in [0.1, 0.15) is 48.5 Å². The molecule has 1 aliphatic heterocycles. The molecular weight excluding hydrogens is 338 g/mol. The molecule has 0 bridgehead atoms. The molecule has 2 aromatic carbocycles. The highest BCUT2D eigenvalue weighted by Gasteiger charge is 2.71. The Morgan fingerprint density at radius 1 is 1.00 bits per heavy atom. The Morgan fingerprint density at radius 2 is 1.67 bits per heavy atom. The van der Waals surface area contributed by atoms with Crippen molar-refractivity contribution in [3.63, 3.8) is 0 Å². The number of ketones is 1. The number of carbonyl (C=O) groups excluding carboxylic acids is 2. The first-order chi connectivity index (χ1) is 13.0. The molecular formula is C23H23NO3. The first kappa shape index (κ1) is 16.7. The monoisotopic (exact) mass is 361 g/mol. The molecule has 1 saturated heterocycles. The quantitative estimate of drug-likeness (QED) is 0.791. The summed E-state index contributed by atoms with van der Waals surface area (Å²) in [6, 6.07) is 15.3. The van der Waals surface area contributed by atoms with Gasteiger partial charge in [0, 0.05) is 12.1 Å². The predicted molar refractivity (Wildman–Crippen MR) is 102 cm³/mol. The highest BCUT2D eigenvalue weighted by molar-refractivity contribution is 6.26. The molecule has 1 amide bonds. The maximum absolute atomic E-state index is 13.9. The number of hydrogen-bond donors (Lipinski definition) is 1. The van der Waals surface area contributed by atoms with Crippen LogP contribution >= 0.6 is 0 Å². The fourth-order valence-electron chi connectivity index (χ4n) is 5.48. The molecule has 0 unspecified atom stereocenters. The van der Waals surface area contributed by atoms with Gasteiger partial charge in [-0.2, -0.15) is 0 Å². The number of aryl methyl sites for hydroxylation is 1. The second-order valence-electron chi connectivity index (χ2n) is 8.30. The summed E-state index contributed by atoms with van der Waals surface area (Å²) >= 11 is 0. The van der Waals surface area contributed by atoms with Gasteiger partial charge in [0.1, 0.15) is 17.1 Å². The predicted octanol–water partition coefficient (Wildman–Crippen LogP) is 3.50. The Bertz CT molecular complexity index is 942. The van der Waals surface area contributed by atoms with Gasteiger partial charge in [0.15, 0.2) is 5.78 Å². The number of fused-ring (bicyclic) bond motifs is 1. The van der Waals surface area contributed by atoms with E-state index in [1.54, 1.807) is 4.90 Å². The van der Waals surface area contributed by atoms with E-state index < -0.39 is 17.1 Å². The first-order valence-corrected chi connectivity index (χ1v) is 9.73. The largest absolute Gasteiger partial charge is 0.385 e. The minimum atomic E-state index is -1.22. The molecule has 1 N–H and O–H groups in total. The Hall–Kier alpha value is -2.46. The van der Waals surface area contributed by atoms with Gasteiger partial charge < -0.3 is 5.11 Å². The molecule has 4 nitrogen and oxygen atoms in total. The SMILES string of the molecule is Cc1ccc(N2C(=O)C3(CCCC3)C(=O)[C@]23Cc2ccccc2[C@@H]3O)cc1. The number of aliphatic hydroxyl groups is 1. The van der Waals surface area contributed by atoms with Crippen LogP contribution in [0.3, 0.4) is 0 Å². The Morgan fingerprint density at radius 3 is 2.33 bits per heavy atom. The molecule has 0 radical (unpaired) electrons. The number of hydrogen-bond acceptors (Lipinski definition) is 3. The third-order valence-corrected chi connectivity index (χ3v) is 6.85. The van der Waals surface area contributed by atoms with Crippen molar-refractivity contribution < 1.29 is 14.7 Å². The average Bonchev–Trinajstić information content (AvgIpc) is 3.32.